The molecular formula is C13H12O5S. The van der Waals surface area contributed by atoms with E-state index in [1.54, 1.807) is 31.4 Å². The van der Waals surface area contributed by atoms with Crippen molar-refractivity contribution < 1.29 is 23.3 Å². The maximum Gasteiger partial charge on any atom is 0.372 e. The molecule has 0 spiro atoms. The van der Waals surface area contributed by atoms with E-state index in [1.165, 1.54) is 12.3 Å². The Balaban J connectivity index is 2.16. The standard InChI is InChI=1S/C13H12O5S/c1-17-10-2-4-11(5-3-10)19(16)8-9-6-7-18-12(9)13(14)15/h2-7H,8H2,1H3,(H,14,15). The summed E-state index contributed by atoms with van der Waals surface area (Å²) in [7, 11) is 0.223. The monoisotopic (exact) mass is 280 g/mol. The van der Waals surface area contributed by atoms with Crippen molar-refractivity contribution in [1.82, 2.24) is 0 Å². The SMILES string of the molecule is COc1ccc(S(=O)Cc2ccoc2C(=O)O)cc1. The van der Waals surface area contributed by atoms with Crippen LogP contribution in [0, 0.1) is 0 Å². The highest BCUT2D eigenvalue weighted by Crippen LogP contribution is 2.19. The van der Waals surface area contributed by atoms with Crippen LogP contribution in [0.2, 0.25) is 0 Å². The van der Waals surface area contributed by atoms with E-state index in [-0.39, 0.29) is 11.5 Å². The molecule has 1 N–H and O–H groups in total. The van der Waals surface area contributed by atoms with E-state index in [0.717, 1.165) is 0 Å². The van der Waals surface area contributed by atoms with E-state index >= 15 is 0 Å². The number of furan rings is 1. The van der Waals surface area contributed by atoms with Crippen molar-refractivity contribution in [3.63, 3.8) is 0 Å². The fourth-order valence-electron chi connectivity index (χ4n) is 1.59. The maximum atomic E-state index is 12.1. The number of carboxylic acid groups (broad SMARTS) is 1. The smallest absolute Gasteiger partial charge is 0.372 e. The second kappa shape index (κ2) is 5.71. The van der Waals surface area contributed by atoms with Crippen LogP contribution < -0.4 is 4.74 Å². The Morgan fingerprint density at radius 2 is 2.00 bits per heavy atom. The normalized spacial score (nSPS) is 12.1. The molecular weight excluding hydrogens is 268 g/mol. The van der Waals surface area contributed by atoms with Crippen molar-refractivity contribution in [3.8, 4) is 5.75 Å². The van der Waals surface area contributed by atoms with Crippen molar-refractivity contribution >= 4 is 16.8 Å². The van der Waals surface area contributed by atoms with Crippen LogP contribution in [0.1, 0.15) is 16.1 Å². The number of methoxy groups -OCH3 is 1. The molecule has 1 aromatic carbocycles. The highest BCUT2D eigenvalue weighted by atomic mass is 32.2. The van der Waals surface area contributed by atoms with Crippen molar-refractivity contribution in [3.05, 3.63) is 47.9 Å². The van der Waals surface area contributed by atoms with Gasteiger partial charge < -0.3 is 14.3 Å². The van der Waals surface area contributed by atoms with E-state index < -0.39 is 16.8 Å². The van der Waals surface area contributed by atoms with E-state index in [1.807, 2.05) is 0 Å². The summed E-state index contributed by atoms with van der Waals surface area (Å²) in [5, 5.41) is 8.90. The van der Waals surface area contributed by atoms with Gasteiger partial charge in [-0.05, 0) is 30.3 Å². The Bertz CT molecular complexity index is 600. The molecule has 6 heteroatoms. The van der Waals surface area contributed by atoms with Gasteiger partial charge in [0.2, 0.25) is 5.76 Å². The molecule has 0 aliphatic rings. The summed E-state index contributed by atoms with van der Waals surface area (Å²) in [4.78, 5) is 11.5. The Labute approximate surface area is 112 Å². The molecule has 0 aliphatic carbocycles. The Morgan fingerprint density at radius 3 is 2.58 bits per heavy atom. The zero-order chi connectivity index (χ0) is 13.8. The Hall–Kier alpha value is -2.08. The van der Waals surface area contributed by atoms with Gasteiger partial charge in [0, 0.05) is 10.5 Å². The molecule has 0 saturated carbocycles. The minimum absolute atomic E-state index is 0.102. The molecule has 2 rings (SSSR count). The van der Waals surface area contributed by atoms with E-state index in [2.05, 4.69) is 0 Å². The predicted octanol–water partition coefficient (Wildman–Crippen LogP) is 2.29. The van der Waals surface area contributed by atoms with Gasteiger partial charge in [0.15, 0.2) is 0 Å². The van der Waals surface area contributed by atoms with Gasteiger partial charge in [-0.25, -0.2) is 4.79 Å². The molecule has 1 aromatic heterocycles. The van der Waals surface area contributed by atoms with E-state index in [0.29, 0.717) is 16.2 Å². The Kier molecular flexibility index (Phi) is 4.01. The number of aromatic carboxylic acids is 1. The molecule has 0 fully saturated rings. The topological polar surface area (TPSA) is 76.7 Å². The number of ether oxygens (including phenoxy) is 1. The lowest BCUT2D eigenvalue weighted by Gasteiger charge is -2.03. The third-order valence-electron chi connectivity index (χ3n) is 2.55. The summed E-state index contributed by atoms with van der Waals surface area (Å²) in [6.07, 6.45) is 1.28. The van der Waals surface area contributed by atoms with Gasteiger partial charge in [-0.3, -0.25) is 4.21 Å². The van der Waals surface area contributed by atoms with Crippen LogP contribution in [-0.2, 0) is 16.6 Å². The average Bonchev–Trinajstić information content (AvgIpc) is 2.87. The highest BCUT2D eigenvalue weighted by molar-refractivity contribution is 7.84. The third-order valence-corrected chi connectivity index (χ3v) is 3.92. The molecule has 5 nitrogen and oxygen atoms in total. The summed E-state index contributed by atoms with van der Waals surface area (Å²) >= 11 is 0. The van der Waals surface area contributed by atoms with Crippen LogP contribution >= 0.6 is 0 Å². The van der Waals surface area contributed by atoms with Crippen molar-refractivity contribution in [2.45, 2.75) is 10.6 Å². The second-order valence-electron chi connectivity index (χ2n) is 3.75. The first-order valence-electron chi connectivity index (χ1n) is 5.44. The van der Waals surface area contributed by atoms with Gasteiger partial charge in [-0.15, -0.1) is 0 Å². The van der Waals surface area contributed by atoms with E-state index in [9.17, 15) is 9.00 Å². The quantitative estimate of drug-likeness (QED) is 0.909. The summed E-state index contributed by atoms with van der Waals surface area (Å²) in [5.74, 6) is -0.548. The number of rotatable bonds is 5. The number of hydrogen-bond acceptors (Lipinski definition) is 4. The predicted molar refractivity (Wildman–Crippen MR) is 68.8 cm³/mol. The minimum atomic E-state index is -1.33. The molecule has 1 unspecified atom stereocenters. The molecule has 1 atom stereocenters. The fourth-order valence-corrected chi connectivity index (χ4v) is 2.71. The summed E-state index contributed by atoms with van der Waals surface area (Å²) in [6, 6.07) is 8.32. The first kappa shape index (κ1) is 13.4. The molecule has 100 valence electrons. The molecule has 2 aromatic rings. The zero-order valence-corrected chi connectivity index (χ0v) is 11.0. The largest absolute Gasteiger partial charge is 0.497 e. The highest BCUT2D eigenvalue weighted by Gasteiger charge is 2.16. The number of carbonyl (C=O) groups is 1. The van der Waals surface area contributed by atoms with Gasteiger partial charge in [-0.2, -0.15) is 0 Å². The molecule has 0 radical (unpaired) electrons. The molecule has 19 heavy (non-hydrogen) atoms. The fraction of sp³-hybridized carbons (Fsp3) is 0.154. The third kappa shape index (κ3) is 3.03. The minimum Gasteiger partial charge on any atom is -0.497 e. The van der Waals surface area contributed by atoms with Crippen LogP contribution in [-0.4, -0.2) is 22.4 Å². The molecule has 0 bridgehead atoms. The van der Waals surface area contributed by atoms with Gasteiger partial charge in [-0.1, -0.05) is 0 Å². The molecule has 0 aliphatic heterocycles. The summed E-state index contributed by atoms with van der Waals surface area (Å²) in [6.45, 7) is 0. The van der Waals surface area contributed by atoms with Gasteiger partial charge in [0.05, 0.1) is 29.9 Å². The van der Waals surface area contributed by atoms with Crippen molar-refractivity contribution in [1.29, 1.82) is 0 Å². The Morgan fingerprint density at radius 1 is 1.32 bits per heavy atom. The first-order chi connectivity index (χ1) is 9.11. The number of benzene rings is 1. The van der Waals surface area contributed by atoms with Crippen molar-refractivity contribution in [2.24, 2.45) is 0 Å². The van der Waals surface area contributed by atoms with E-state index in [4.69, 9.17) is 14.3 Å². The zero-order valence-electron chi connectivity index (χ0n) is 10.2. The van der Waals surface area contributed by atoms with Crippen molar-refractivity contribution in [2.75, 3.05) is 7.11 Å². The lowest BCUT2D eigenvalue weighted by atomic mass is 10.3. The van der Waals surface area contributed by atoms with Crippen LogP contribution in [0.4, 0.5) is 0 Å². The molecule has 0 saturated heterocycles. The number of hydrogen-bond donors (Lipinski definition) is 1. The average molecular weight is 280 g/mol. The van der Waals surface area contributed by atoms with Crippen LogP contribution in [0.3, 0.4) is 0 Å². The summed E-state index contributed by atoms with van der Waals surface area (Å²) in [5.41, 5.74) is 0.418. The number of carboxylic acids is 1. The molecule has 0 amide bonds. The maximum absolute atomic E-state index is 12.1. The summed E-state index contributed by atoms with van der Waals surface area (Å²) < 4.78 is 22.0. The van der Waals surface area contributed by atoms with Gasteiger partial charge >= 0.3 is 5.97 Å². The van der Waals surface area contributed by atoms with Gasteiger partial charge in [0.1, 0.15) is 5.75 Å². The van der Waals surface area contributed by atoms with Gasteiger partial charge in [0.25, 0.3) is 0 Å². The van der Waals surface area contributed by atoms with Crippen LogP contribution in [0.25, 0.3) is 0 Å². The lowest BCUT2D eigenvalue weighted by molar-refractivity contribution is 0.0661. The van der Waals surface area contributed by atoms with Crippen LogP contribution in [0.5, 0.6) is 5.75 Å². The van der Waals surface area contributed by atoms with Crippen LogP contribution in [0.15, 0.2) is 45.9 Å². The lowest BCUT2D eigenvalue weighted by Crippen LogP contribution is -2.02. The molecule has 1 heterocycles. The second-order valence-corrected chi connectivity index (χ2v) is 5.20. The first-order valence-corrected chi connectivity index (χ1v) is 6.76.